The SMILES string of the molecule is COc1ccc(C2CCCN2C(=O)NC2CCCc3cc(OC(F)F)ccc32)c(OC)c1. The van der Waals surface area contributed by atoms with Crippen LogP contribution in [0.4, 0.5) is 13.6 Å². The van der Waals surface area contributed by atoms with Gasteiger partial charge in [0.25, 0.3) is 0 Å². The molecular weight excluding hydrogens is 418 g/mol. The largest absolute Gasteiger partial charge is 0.497 e. The molecule has 1 heterocycles. The monoisotopic (exact) mass is 446 g/mol. The van der Waals surface area contributed by atoms with Crippen LogP contribution in [-0.4, -0.2) is 38.3 Å². The zero-order valence-electron chi connectivity index (χ0n) is 18.3. The number of halogens is 2. The lowest BCUT2D eigenvalue weighted by molar-refractivity contribution is -0.0499. The number of amides is 2. The maximum absolute atomic E-state index is 13.3. The van der Waals surface area contributed by atoms with Crippen LogP contribution < -0.4 is 19.5 Å². The molecule has 32 heavy (non-hydrogen) atoms. The Morgan fingerprint density at radius 2 is 1.81 bits per heavy atom. The second-order valence-electron chi connectivity index (χ2n) is 8.09. The van der Waals surface area contributed by atoms with Crippen LogP contribution in [0, 0.1) is 0 Å². The number of ether oxygens (including phenoxy) is 3. The summed E-state index contributed by atoms with van der Waals surface area (Å²) >= 11 is 0. The molecule has 2 aliphatic rings. The van der Waals surface area contributed by atoms with Crippen LogP contribution >= 0.6 is 0 Å². The number of likely N-dealkylation sites (tertiary alicyclic amines) is 1. The van der Waals surface area contributed by atoms with Gasteiger partial charge in [0.05, 0.1) is 26.3 Å². The number of fused-ring (bicyclic) bond motifs is 1. The van der Waals surface area contributed by atoms with E-state index in [1.165, 1.54) is 6.07 Å². The highest BCUT2D eigenvalue weighted by molar-refractivity contribution is 5.76. The summed E-state index contributed by atoms with van der Waals surface area (Å²) in [5, 5.41) is 3.17. The quantitative estimate of drug-likeness (QED) is 0.660. The van der Waals surface area contributed by atoms with Crippen LogP contribution in [0.2, 0.25) is 0 Å². The maximum Gasteiger partial charge on any atom is 0.387 e. The molecule has 2 atom stereocenters. The summed E-state index contributed by atoms with van der Waals surface area (Å²) in [4.78, 5) is 15.1. The fourth-order valence-corrected chi connectivity index (χ4v) is 4.78. The number of nitrogens with one attached hydrogen (secondary N) is 1. The van der Waals surface area contributed by atoms with Crippen molar-refractivity contribution in [2.24, 2.45) is 0 Å². The number of nitrogens with zero attached hydrogens (tertiary/aromatic N) is 1. The number of rotatable bonds is 6. The van der Waals surface area contributed by atoms with Crippen molar-refractivity contribution in [3.8, 4) is 17.2 Å². The van der Waals surface area contributed by atoms with E-state index in [9.17, 15) is 13.6 Å². The summed E-state index contributed by atoms with van der Waals surface area (Å²) in [5.41, 5.74) is 2.86. The third-order valence-corrected chi connectivity index (χ3v) is 6.26. The van der Waals surface area contributed by atoms with E-state index in [1.807, 2.05) is 23.1 Å². The number of hydrogen-bond donors (Lipinski definition) is 1. The van der Waals surface area contributed by atoms with E-state index < -0.39 is 6.61 Å². The highest BCUT2D eigenvalue weighted by Crippen LogP contribution is 2.39. The van der Waals surface area contributed by atoms with E-state index in [0.29, 0.717) is 18.0 Å². The molecule has 0 saturated carbocycles. The lowest BCUT2D eigenvalue weighted by Crippen LogP contribution is -2.42. The van der Waals surface area contributed by atoms with Crippen molar-refractivity contribution in [1.29, 1.82) is 0 Å². The van der Waals surface area contributed by atoms with Crippen LogP contribution in [0.3, 0.4) is 0 Å². The van der Waals surface area contributed by atoms with Gasteiger partial charge in [-0.3, -0.25) is 0 Å². The molecule has 172 valence electrons. The fraction of sp³-hybridized carbons (Fsp3) is 0.458. The molecule has 2 amide bonds. The van der Waals surface area contributed by atoms with E-state index in [-0.39, 0.29) is 23.9 Å². The normalized spacial score (nSPS) is 20.1. The predicted molar refractivity (Wildman–Crippen MR) is 116 cm³/mol. The molecule has 0 bridgehead atoms. The number of methoxy groups -OCH3 is 2. The van der Waals surface area contributed by atoms with Gasteiger partial charge in [-0.25, -0.2) is 4.79 Å². The number of carbonyl (C=O) groups excluding carboxylic acids is 1. The highest BCUT2D eigenvalue weighted by atomic mass is 19.3. The first-order chi connectivity index (χ1) is 15.5. The van der Waals surface area contributed by atoms with Gasteiger partial charge in [-0.05, 0) is 67.5 Å². The van der Waals surface area contributed by atoms with E-state index >= 15 is 0 Å². The third-order valence-electron chi connectivity index (χ3n) is 6.26. The minimum atomic E-state index is -2.85. The summed E-state index contributed by atoms with van der Waals surface area (Å²) < 4.78 is 40.5. The highest BCUT2D eigenvalue weighted by Gasteiger charge is 2.34. The van der Waals surface area contributed by atoms with Crippen molar-refractivity contribution in [1.82, 2.24) is 10.2 Å². The molecule has 1 aliphatic carbocycles. The van der Waals surface area contributed by atoms with Crippen LogP contribution in [-0.2, 0) is 6.42 Å². The Balaban J connectivity index is 1.51. The number of alkyl halides is 2. The van der Waals surface area contributed by atoms with Crippen molar-refractivity contribution in [3.05, 3.63) is 53.1 Å². The summed E-state index contributed by atoms with van der Waals surface area (Å²) in [6.45, 7) is -2.19. The summed E-state index contributed by atoms with van der Waals surface area (Å²) in [6.07, 6.45) is 4.20. The summed E-state index contributed by atoms with van der Waals surface area (Å²) in [5.74, 6) is 1.55. The van der Waals surface area contributed by atoms with E-state index in [0.717, 1.165) is 48.8 Å². The molecule has 0 radical (unpaired) electrons. The average molecular weight is 446 g/mol. The Hall–Kier alpha value is -3.03. The first-order valence-electron chi connectivity index (χ1n) is 10.9. The zero-order valence-corrected chi connectivity index (χ0v) is 18.3. The van der Waals surface area contributed by atoms with Gasteiger partial charge in [0, 0.05) is 18.2 Å². The van der Waals surface area contributed by atoms with Crippen LogP contribution in [0.15, 0.2) is 36.4 Å². The lowest BCUT2D eigenvalue weighted by Gasteiger charge is -2.31. The molecular formula is C24H28F2N2O4. The van der Waals surface area contributed by atoms with Gasteiger partial charge >= 0.3 is 12.6 Å². The number of benzene rings is 2. The molecule has 2 aromatic rings. The molecule has 4 rings (SSSR count). The van der Waals surface area contributed by atoms with Gasteiger partial charge < -0.3 is 24.4 Å². The number of urea groups is 1. The fourth-order valence-electron chi connectivity index (χ4n) is 4.78. The van der Waals surface area contributed by atoms with Gasteiger partial charge in [-0.1, -0.05) is 6.07 Å². The topological polar surface area (TPSA) is 60.0 Å². The third kappa shape index (κ3) is 4.59. The predicted octanol–water partition coefficient (Wildman–Crippen LogP) is 5.23. The van der Waals surface area contributed by atoms with Gasteiger partial charge in [0.15, 0.2) is 0 Å². The number of carbonyl (C=O) groups is 1. The standard InChI is InChI=1S/C24H28F2N2O4/c1-30-16-8-11-19(22(14-16)31-2)21-7-4-12-28(21)24(29)27-20-6-3-5-15-13-17(32-23(25)26)9-10-18(15)20/h8-11,13-14,20-21,23H,3-7,12H2,1-2H3,(H,27,29). The second-order valence-corrected chi connectivity index (χ2v) is 8.09. The van der Waals surface area contributed by atoms with Crippen molar-refractivity contribution in [3.63, 3.8) is 0 Å². The zero-order chi connectivity index (χ0) is 22.7. The minimum absolute atomic E-state index is 0.0827. The average Bonchev–Trinajstić information content (AvgIpc) is 3.28. The summed E-state index contributed by atoms with van der Waals surface area (Å²) in [7, 11) is 3.22. The van der Waals surface area contributed by atoms with Crippen molar-refractivity contribution < 1.29 is 27.8 Å². The molecule has 1 N–H and O–H groups in total. The smallest absolute Gasteiger partial charge is 0.387 e. The van der Waals surface area contributed by atoms with Crippen LogP contribution in [0.5, 0.6) is 17.2 Å². The van der Waals surface area contributed by atoms with E-state index in [1.54, 1.807) is 26.4 Å². The van der Waals surface area contributed by atoms with Crippen molar-refractivity contribution in [2.45, 2.75) is 50.8 Å². The Bertz CT molecular complexity index is 969. The Labute approximate surface area is 186 Å². The van der Waals surface area contributed by atoms with Crippen molar-refractivity contribution in [2.75, 3.05) is 20.8 Å². The first kappa shape index (κ1) is 22.2. The van der Waals surface area contributed by atoms with Gasteiger partial charge in [-0.15, -0.1) is 0 Å². The Morgan fingerprint density at radius 1 is 1.03 bits per heavy atom. The van der Waals surface area contributed by atoms with E-state index in [4.69, 9.17) is 9.47 Å². The lowest BCUT2D eigenvalue weighted by atomic mass is 9.87. The number of hydrogen-bond acceptors (Lipinski definition) is 4. The molecule has 8 heteroatoms. The number of aryl methyl sites for hydroxylation is 1. The van der Waals surface area contributed by atoms with Crippen LogP contribution in [0.25, 0.3) is 0 Å². The molecule has 1 fully saturated rings. The minimum Gasteiger partial charge on any atom is -0.497 e. The van der Waals surface area contributed by atoms with Gasteiger partial charge in [0.2, 0.25) is 0 Å². The molecule has 0 spiro atoms. The summed E-state index contributed by atoms with van der Waals surface area (Å²) in [6, 6.07) is 10.3. The van der Waals surface area contributed by atoms with Crippen molar-refractivity contribution >= 4 is 6.03 Å². The molecule has 0 aromatic heterocycles. The first-order valence-corrected chi connectivity index (χ1v) is 10.9. The van der Waals surface area contributed by atoms with E-state index in [2.05, 4.69) is 10.1 Å². The maximum atomic E-state index is 13.3. The Morgan fingerprint density at radius 3 is 2.56 bits per heavy atom. The molecule has 1 saturated heterocycles. The van der Waals surface area contributed by atoms with Gasteiger partial charge in [0.1, 0.15) is 17.2 Å². The second kappa shape index (κ2) is 9.63. The van der Waals surface area contributed by atoms with Crippen LogP contribution in [0.1, 0.15) is 54.5 Å². The molecule has 1 aliphatic heterocycles. The molecule has 6 nitrogen and oxygen atoms in total. The molecule has 2 unspecified atom stereocenters. The Kier molecular flexibility index (Phi) is 6.67. The molecule has 2 aromatic carbocycles. The van der Waals surface area contributed by atoms with Gasteiger partial charge in [-0.2, -0.15) is 8.78 Å².